The average Bonchev–Trinajstić information content (AvgIpc) is 2.51. The lowest BCUT2D eigenvalue weighted by Gasteiger charge is -2.10. The van der Waals surface area contributed by atoms with Gasteiger partial charge in [-0.25, -0.2) is 0 Å². The fourth-order valence-corrected chi connectivity index (χ4v) is 1.98. The van der Waals surface area contributed by atoms with Crippen LogP contribution in [0.2, 0.25) is 0 Å². The van der Waals surface area contributed by atoms with Crippen molar-refractivity contribution in [2.45, 2.75) is 25.1 Å². The first kappa shape index (κ1) is 11.3. The Hall–Kier alpha value is -0.750. The van der Waals surface area contributed by atoms with Crippen molar-refractivity contribution in [1.29, 1.82) is 0 Å². The summed E-state index contributed by atoms with van der Waals surface area (Å²) < 4.78 is 14.6. The standard InChI is InChI=1S/C8H12O5S/c1-5(9)12-7-4-14-8(13-7)3-6(10)11-2/h7-8H,3-4H2,1-2H3. The topological polar surface area (TPSA) is 61.8 Å². The molecule has 6 heteroatoms. The highest BCUT2D eigenvalue weighted by molar-refractivity contribution is 8.00. The van der Waals surface area contributed by atoms with Gasteiger partial charge in [0.15, 0.2) is 0 Å². The number of hydrogen-bond donors (Lipinski definition) is 0. The molecule has 1 aliphatic heterocycles. The molecule has 0 aromatic rings. The zero-order valence-electron chi connectivity index (χ0n) is 8.02. The van der Waals surface area contributed by atoms with E-state index in [2.05, 4.69) is 4.74 Å². The van der Waals surface area contributed by atoms with Crippen molar-refractivity contribution < 1.29 is 23.8 Å². The summed E-state index contributed by atoms with van der Waals surface area (Å²) >= 11 is 1.44. The second-order valence-corrected chi connectivity index (χ2v) is 3.91. The summed E-state index contributed by atoms with van der Waals surface area (Å²) in [6, 6.07) is 0. The van der Waals surface area contributed by atoms with Gasteiger partial charge in [0.1, 0.15) is 5.44 Å². The number of methoxy groups -OCH3 is 1. The highest BCUT2D eigenvalue weighted by atomic mass is 32.2. The Kier molecular flexibility index (Phi) is 4.21. The van der Waals surface area contributed by atoms with Crippen molar-refractivity contribution in [1.82, 2.24) is 0 Å². The maximum atomic E-state index is 10.9. The van der Waals surface area contributed by atoms with E-state index in [1.54, 1.807) is 0 Å². The normalized spacial score (nSPS) is 25.9. The third-order valence-corrected chi connectivity index (χ3v) is 2.69. The van der Waals surface area contributed by atoms with Crippen LogP contribution < -0.4 is 0 Å². The minimum absolute atomic E-state index is 0.179. The van der Waals surface area contributed by atoms with Crippen molar-refractivity contribution in [3.63, 3.8) is 0 Å². The Morgan fingerprint density at radius 1 is 1.57 bits per heavy atom. The van der Waals surface area contributed by atoms with Crippen LogP contribution in [-0.2, 0) is 23.8 Å². The Morgan fingerprint density at radius 2 is 2.29 bits per heavy atom. The number of carbonyl (C=O) groups excluding carboxylic acids is 2. The quantitative estimate of drug-likeness (QED) is 0.646. The lowest BCUT2D eigenvalue weighted by atomic mass is 10.4. The van der Waals surface area contributed by atoms with Crippen LogP contribution in [0.4, 0.5) is 0 Å². The largest absolute Gasteiger partial charge is 0.469 e. The molecule has 0 aromatic heterocycles. The van der Waals surface area contributed by atoms with Gasteiger partial charge in [-0.15, -0.1) is 11.8 Å². The summed E-state index contributed by atoms with van der Waals surface area (Å²) in [6.45, 7) is 1.32. The molecule has 0 N–H and O–H groups in total. The minimum Gasteiger partial charge on any atom is -0.469 e. The molecule has 1 heterocycles. The number of thioether (sulfide) groups is 1. The monoisotopic (exact) mass is 220 g/mol. The third-order valence-electron chi connectivity index (χ3n) is 1.58. The van der Waals surface area contributed by atoms with E-state index in [4.69, 9.17) is 9.47 Å². The van der Waals surface area contributed by atoms with Gasteiger partial charge in [0, 0.05) is 6.92 Å². The van der Waals surface area contributed by atoms with Gasteiger partial charge in [0.25, 0.3) is 0 Å². The van der Waals surface area contributed by atoms with Crippen LogP contribution in [0.25, 0.3) is 0 Å². The lowest BCUT2D eigenvalue weighted by molar-refractivity contribution is -0.171. The molecular weight excluding hydrogens is 208 g/mol. The van der Waals surface area contributed by atoms with Gasteiger partial charge in [-0.1, -0.05) is 0 Å². The molecule has 1 saturated heterocycles. The molecule has 1 fully saturated rings. The Labute approximate surface area is 86.1 Å². The summed E-state index contributed by atoms with van der Waals surface area (Å²) in [5.41, 5.74) is -0.271. The van der Waals surface area contributed by atoms with Crippen molar-refractivity contribution in [2.24, 2.45) is 0 Å². The molecular formula is C8H12O5S. The second kappa shape index (κ2) is 5.21. The number of hydrogen-bond acceptors (Lipinski definition) is 6. The van der Waals surface area contributed by atoms with Gasteiger partial charge in [-0.05, 0) is 0 Å². The number of carbonyl (C=O) groups is 2. The number of ether oxygens (including phenoxy) is 3. The highest BCUT2D eigenvalue weighted by Gasteiger charge is 2.29. The molecule has 5 nitrogen and oxygen atoms in total. The summed E-state index contributed by atoms with van der Waals surface area (Å²) in [5, 5.41) is 0. The SMILES string of the molecule is COC(=O)CC1OC(OC(C)=O)CS1. The van der Waals surface area contributed by atoms with E-state index in [1.807, 2.05) is 0 Å². The molecule has 0 bridgehead atoms. The summed E-state index contributed by atoms with van der Waals surface area (Å²) in [4.78, 5) is 21.5. The van der Waals surface area contributed by atoms with Crippen molar-refractivity contribution in [2.75, 3.05) is 12.9 Å². The third kappa shape index (κ3) is 3.55. The van der Waals surface area contributed by atoms with Crippen LogP contribution in [0.3, 0.4) is 0 Å². The molecule has 0 radical (unpaired) electrons. The molecule has 14 heavy (non-hydrogen) atoms. The number of esters is 2. The lowest BCUT2D eigenvalue weighted by Crippen LogP contribution is -2.20. The van der Waals surface area contributed by atoms with Crippen LogP contribution in [-0.4, -0.2) is 36.5 Å². The smallest absolute Gasteiger partial charge is 0.309 e. The molecule has 0 spiro atoms. The van der Waals surface area contributed by atoms with E-state index in [9.17, 15) is 9.59 Å². The Balaban J connectivity index is 2.27. The first-order valence-corrected chi connectivity index (χ1v) is 5.18. The molecule has 0 aliphatic carbocycles. The fraction of sp³-hybridized carbons (Fsp3) is 0.750. The van der Waals surface area contributed by atoms with E-state index >= 15 is 0 Å². The maximum Gasteiger partial charge on any atom is 0.309 e. The molecule has 1 rings (SSSR count). The van der Waals surface area contributed by atoms with E-state index in [0.29, 0.717) is 5.75 Å². The zero-order valence-corrected chi connectivity index (χ0v) is 8.83. The molecule has 2 atom stereocenters. The van der Waals surface area contributed by atoms with Gasteiger partial charge in [-0.3, -0.25) is 9.59 Å². The summed E-state index contributed by atoms with van der Waals surface area (Å²) in [6.07, 6.45) is -0.356. The predicted octanol–water partition coefficient (Wildman–Crippen LogP) is 0.528. The summed E-state index contributed by atoms with van der Waals surface area (Å²) in [7, 11) is 1.32. The molecule has 80 valence electrons. The van der Waals surface area contributed by atoms with Crippen molar-refractivity contribution in [3.8, 4) is 0 Å². The van der Waals surface area contributed by atoms with E-state index in [1.165, 1.54) is 25.8 Å². The fourth-order valence-electron chi connectivity index (χ4n) is 1.01. The van der Waals surface area contributed by atoms with Gasteiger partial charge in [0.05, 0.1) is 19.3 Å². The first-order chi connectivity index (χ1) is 6.61. The molecule has 2 unspecified atom stereocenters. The van der Waals surface area contributed by atoms with Crippen molar-refractivity contribution >= 4 is 23.7 Å². The average molecular weight is 220 g/mol. The van der Waals surface area contributed by atoms with Crippen LogP contribution in [0.1, 0.15) is 13.3 Å². The van der Waals surface area contributed by atoms with Gasteiger partial charge in [-0.2, -0.15) is 0 Å². The highest BCUT2D eigenvalue weighted by Crippen LogP contribution is 2.28. The number of rotatable bonds is 3. The van der Waals surface area contributed by atoms with E-state index < -0.39 is 6.29 Å². The molecule has 0 saturated carbocycles. The Bertz CT molecular complexity index is 230. The zero-order chi connectivity index (χ0) is 10.6. The predicted molar refractivity (Wildman–Crippen MR) is 49.5 cm³/mol. The Morgan fingerprint density at radius 3 is 2.86 bits per heavy atom. The van der Waals surface area contributed by atoms with Crippen LogP contribution in [0.5, 0.6) is 0 Å². The minimum atomic E-state index is -0.535. The molecule has 0 amide bonds. The van der Waals surface area contributed by atoms with Gasteiger partial charge < -0.3 is 14.2 Å². The van der Waals surface area contributed by atoms with E-state index in [0.717, 1.165) is 0 Å². The molecule has 0 aromatic carbocycles. The second-order valence-electron chi connectivity index (χ2n) is 2.72. The van der Waals surface area contributed by atoms with Crippen molar-refractivity contribution in [3.05, 3.63) is 0 Å². The van der Waals surface area contributed by atoms with Gasteiger partial charge >= 0.3 is 11.9 Å². The van der Waals surface area contributed by atoms with E-state index in [-0.39, 0.29) is 23.8 Å². The summed E-state index contributed by atoms with van der Waals surface area (Å²) in [5.74, 6) is -0.151. The maximum absolute atomic E-state index is 10.9. The van der Waals surface area contributed by atoms with Crippen LogP contribution in [0, 0.1) is 0 Å². The first-order valence-electron chi connectivity index (χ1n) is 4.13. The molecule has 1 aliphatic rings. The van der Waals surface area contributed by atoms with Gasteiger partial charge in [0.2, 0.25) is 6.29 Å². The van der Waals surface area contributed by atoms with Crippen LogP contribution in [0.15, 0.2) is 0 Å². The van der Waals surface area contributed by atoms with Crippen LogP contribution >= 0.6 is 11.8 Å².